The van der Waals surface area contributed by atoms with E-state index in [1.54, 1.807) is 0 Å². The van der Waals surface area contributed by atoms with Crippen molar-refractivity contribution in [2.24, 2.45) is 5.92 Å². The molecular formula is C14H19ClN2O2. The number of rotatable bonds is 5. The Kier molecular flexibility index (Phi) is 4.75. The first-order valence-electron chi connectivity index (χ1n) is 6.77. The zero-order chi connectivity index (χ0) is 13.8. The summed E-state index contributed by atoms with van der Waals surface area (Å²) in [5.74, 6) is 1.03. The molecule has 0 aromatic carbocycles. The highest BCUT2D eigenvalue weighted by molar-refractivity contribution is 6.33. The van der Waals surface area contributed by atoms with Gasteiger partial charge in [-0.15, -0.1) is 0 Å². The summed E-state index contributed by atoms with van der Waals surface area (Å²) in [7, 11) is 0. The van der Waals surface area contributed by atoms with Gasteiger partial charge in [0.05, 0.1) is 17.8 Å². The first kappa shape index (κ1) is 14.3. The topological polar surface area (TPSA) is 52.1 Å². The number of aromatic nitrogens is 2. The largest absolute Gasteiger partial charge is 0.461 e. The maximum Gasteiger partial charge on any atom is 0.358 e. The van der Waals surface area contributed by atoms with Crippen molar-refractivity contribution in [3.63, 3.8) is 0 Å². The van der Waals surface area contributed by atoms with Gasteiger partial charge < -0.3 is 4.74 Å². The summed E-state index contributed by atoms with van der Waals surface area (Å²) < 4.78 is 5.24. The Hall–Kier alpha value is -1.16. The van der Waals surface area contributed by atoms with E-state index >= 15 is 0 Å². The second-order valence-electron chi connectivity index (χ2n) is 5.30. The predicted octanol–water partition coefficient (Wildman–Crippen LogP) is 3.60. The molecular weight excluding hydrogens is 264 g/mol. The molecule has 1 heterocycles. The molecule has 5 heteroatoms. The maximum atomic E-state index is 11.9. The quantitative estimate of drug-likeness (QED) is 0.774. The van der Waals surface area contributed by atoms with Crippen molar-refractivity contribution in [1.29, 1.82) is 0 Å². The molecule has 104 valence electrons. The van der Waals surface area contributed by atoms with Gasteiger partial charge in [0.25, 0.3) is 0 Å². The van der Waals surface area contributed by atoms with Crippen LogP contribution in [-0.2, 0) is 4.74 Å². The summed E-state index contributed by atoms with van der Waals surface area (Å²) in [6, 6.07) is 0. The lowest BCUT2D eigenvalue weighted by Crippen LogP contribution is -2.17. The summed E-state index contributed by atoms with van der Waals surface area (Å²) in [6.45, 7) is 4.38. The number of hydrogen-bond donors (Lipinski definition) is 0. The molecule has 1 aromatic heterocycles. The molecule has 2 rings (SSSR count). The Morgan fingerprint density at radius 2 is 2.26 bits per heavy atom. The number of esters is 1. The highest BCUT2D eigenvalue weighted by Gasteiger charge is 2.20. The molecule has 4 nitrogen and oxygen atoms in total. The molecule has 0 bridgehead atoms. The Bertz CT molecular complexity index is 459. The van der Waals surface area contributed by atoms with E-state index in [2.05, 4.69) is 9.97 Å². The highest BCUT2D eigenvalue weighted by Crippen LogP contribution is 2.29. The van der Waals surface area contributed by atoms with Crippen LogP contribution in [0.4, 0.5) is 0 Å². The van der Waals surface area contributed by atoms with Gasteiger partial charge in [0, 0.05) is 5.92 Å². The Balaban J connectivity index is 1.94. The Labute approximate surface area is 118 Å². The molecule has 19 heavy (non-hydrogen) atoms. The van der Waals surface area contributed by atoms with Gasteiger partial charge in [-0.25, -0.2) is 14.8 Å². The van der Waals surface area contributed by atoms with Crippen LogP contribution in [-0.4, -0.2) is 22.5 Å². The number of carbonyl (C=O) groups excluding carboxylic acids is 1. The van der Waals surface area contributed by atoms with Gasteiger partial charge in [-0.2, -0.15) is 0 Å². The molecule has 0 spiro atoms. The van der Waals surface area contributed by atoms with Gasteiger partial charge in [-0.1, -0.05) is 44.7 Å². The SMILES string of the molecule is CC(C)c1ncc(Cl)c(C(=O)OCCC2CCC2)n1. The summed E-state index contributed by atoms with van der Waals surface area (Å²) in [5, 5.41) is 0.248. The van der Waals surface area contributed by atoms with E-state index in [9.17, 15) is 4.79 Å². The zero-order valence-corrected chi connectivity index (χ0v) is 12.1. The molecule has 0 aliphatic heterocycles. The number of hydrogen-bond acceptors (Lipinski definition) is 4. The van der Waals surface area contributed by atoms with Crippen LogP contribution in [0, 0.1) is 5.92 Å². The lowest BCUT2D eigenvalue weighted by Gasteiger charge is -2.24. The highest BCUT2D eigenvalue weighted by atomic mass is 35.5. The second kappa shape index (κ2) is 6.33. The van der Waals surface area contributed by atoms with Gasteiger partial charge in [0.15, 0.2) is 5.69 Å². The van der Waals surface area contributed by atoms with Gasteiger partial charge >= 0.3 is 5.97 Å². The summed E-state index contributed by atoms with van der Waals surface area (Å²) in [4.78, 5) is 20.2. The van der Waals surface area contributed by atoms with E-state index in [0.29, 0.717) is 12.4 Å². The van der Waals surface area contributed by atoms with Crippen molar-refractivity contribution in [3.8, 4) is 0 Å². The van der Waals surface area contributed by atoms with Crippen LogP contribution >= 0.6 is 11.6 Å². The molecule has 1 aliphatic rings. The van der Waals surface area contributed by atoms with Crippen LogP contribution in [0.1, 0.15) is 61.8 Å². The van der Waals surface area contributed by atoms with Crippen LogP contribution in [0.3, 0.4) is 0 Å². The van der Waals surface area contributed by atoms with Crippen molar-refractivity contribution >= 4 is 17.6 Å². The van der Waals surface area contributed by atoms with E-state index in [1.165, 1.54) is 25.5 Å². The van der Waals surface area contributed by atoms with E-state index in [4.69, 9.17) is 16.3 Å². The van der Waals surface area contributed by atoms with Crippen LogP contribution in [0.5, 0.6) is 0 Å². The van der Waals surface area contributed by atoms with E-state index in [0.717, 1.165) is 12.3 Å². The average Bonchev–Trinajstić information content (AvgIpc) is 2.32. The van der Waals surface area contributed by atoms with E-state index < -0.39 is 5.97 Å². The lowest BCUT2D eigenvalue weighted by molar-refractivity contribution is 0.0457. The Morgan fingerprint density at radius 1 is 1.53 bits per heavy atom. The van der Waals surface area contributed by atoms with Gasteiger partial charge in [0.2, 0.25) is 0 Å². The molecule has 0 unspecified atom stereocenters. The third kappa shape index (κ3) is 3.66. The molecule has 0 N–H and O–H groups in total. The second-order valence-corrected chi connectivity index (χ2v) is 5.71. The van der Waals surface area contributed by atoms with Gasteiger partial charge in [-0.3, -0.25) is 0 Å². The summed E-state index contributed by atoms with van der Waals surface area (Å²) in [6.07, 6.45) is 6.21. The molecule has 0 atom stereocenters. The third-order valence-corrected chi connectivity index (χ3v) is 3.73. The maximum absolute atomic E-state index is 11.9. The number of halogens is 1. The van der Waals surface area contributed by atoms with Crippen molar-refractivity contribution < 1.29 is 9.53 Å². The fraction of sp³-hybridized carbons (Fsp3) is 0.643. The molecule has 0 radical (unpaired) electrons. The molecule has 1 aromatic rings. The summed E-state index contributed by atoms with van der Waals surface area (Å²) in [5.41, 5.74) is 0.175. The molecule has 0 saturated heterocycles. The van der Waals surface area contributed by atoms with Crippen molar-refractivity contribution in [2.45, 2.75) is 45.4 Å². The first-order chi connectivity index (χ1) is 9.08. The van der Waals surface area contributed by atoms with Gasteiger partial charge in [-0.05, 0) is 12.3 Å². The Morgan fingerprint density at radius 3 is 2.84 bits per heavy atom. The molecule has 0 amide bonds. The number of carbonyl (C=O) groups is 1. The fourth-order valence-electron chi connectivity index (χ4n) is 1.97. The van der Waals surface area contributed by atoms with Crippen LogP contribution in [0.25, 0.3) is 0 Å². The third-order valence-electron chi connectivity index (χ3n) is 3.46. The number of ether oxygens (including phenoxy) is 1. The van der Waals surface area contributed by atoms with Crippen molar-refractivity contribution in [2.75, 3.05) is 6.61 Å². The first-order valence-corrected chi connectivity index (χ1v) is 7.15. The fourth-order valence-corrected chi connectivity index (χ4v) is 2.14. The zero-order valence-electron chi connectivity index (χ0n) is 11.4. The normalized spacial score (nSPS) is 15.4. The van der Waals surface area contributed by atoms with Crippen LogP contribution in [0.2, 0.25) is 5.02 Å². The smallest absolute Gasteiger partial charge is 0.358 e. The minimum atomic E-state index is -0.450. The summed E-state index contributed by atoms with van der Waals surface area (Å²) >= 11 is 5.95. The monoisotopic (exact) mass is 282 g/mol. The molecule has 1 fully saturated rings. The van der Waals surface area contributed by atoms with E-state index in [1.807, 2.05) is 13.8 Å². The standard InChI is InChI=1S/C14H19ClN2O2/c1-9(2)13-16-8-11(15)12(17-13)14(18)19-7-6-10-4-3-5-10/h8-10H,3-7H2,1-2H3. The van der Waals surface area contributed by atoms with Crippen molar-refractivity contribution in [3.05, 3.63) is 22.7 Å². The minimum Gasteiger partial charge on any atom is -0.461 e. The lowest BCUT2D eigenvalue weighted by atomic mass is 9.83. The van der Waals surface area contributed by atoms with E-state index in [-0.39, 0.29) is 16.6 Å². The average molecular weight is 283 g/mol. The van der Waals surface area contributed by atoms with Crippen LogP contribution in [0.15, 0.2) is 6.20 Å². The molecule has 1 saturated carbocycles. The predicted molar refractivity (Wildman–Crippen MR) is 73.4 cm³/mol. The molecule has 1 aliphatic carbocycles. The number of nitrogens with zero attached hydrogens (tertiary/aromatic N) is 2. The minimum absolute atomic E-state index is 0.152. The van der Waals surface area contributed by atoms with Crippen molar-refractivity contribution in [1.82, 2.24) is 9.97 Å². The van der Waals surface area contributed by atoms with Gasteiger partial charge in [0.1, 0.15) is 5.82 Å². The van der Waals surface area contributed by atoms with Crippen LogP contribution < -0.4 is 0 Å².